The Morgan fingerprint density at radius 3 is 2.46 bits per heavy atom. The second kappa shape index (κ2) is 10.2. The molecule has 0 aliphatic carbocycles. The second-order valence-corrected chi connectivity index (χ2v) is 11.3. The molecule has 39 heavy (non-hydrogen) atoms. The minimum atomic E-state index is -0.418. The van der Waals surface area contributed by atoms with E-state index in [2.05, 4.69) is 0 Å². The highest BCUT2D eigenvalue weighted by molar-refractivity contribution is 6.34. The Kier molecular flexibility index (Phi) is 7.10. The van der Waals surface area contributed by atoms with Crippen LogP contribution in [0.25, 0.3) is 28.1 Å². The molecule has 0 saturated heterocycles. The van der Waals surface area contributed by atoms with Crippen LogP contribution < -0.4 is 9.47 Å². The molecule has 1 aliphatic heterocycles. The van der Waals surface area contributed by atoms with Crippen molar-refractivity contribution in [2.45, 2.75) is 39.5 Å². The van der Waals surface area contributed by atoms with Crippen LogP contribution in [0.5, 0.6) is 11.5 Å². The third-order valence-corrected chi connectivity index (χ3v) is 7.37. The Hall–Kier alpha value is -3.52. The van der Waals surface area contributed by atoms with E-state index in [1.165, 1.54) is 0 Å². The number of aromatic nitrogens is 2. The lowest BCUT2D eigenvalue weighted by Gasteiger charge is -2.31. The van der Waals surface area contributed by atoms with Crippen molar-refractivity contribution in [2.24, 2.45) is 0 Å². The summed E-state index contributed by atoms with van der Waals surface area (Å²) in [6.07, 6.45) is 0. The van der Waals surface area contributed by atoms with E-state index in [4.69, 9.17) is 37.8 Å². The third kappa shape index (κ3) is 4.98. The van der Waals surface area contributed by atoms with Gasteiger partial charge in [0.1, 0.15) is 18.1 Å². The quantitative estimate of drug-likeness (QED) is 0.288. The Morgan fingerprint density at radius 2 is 1.82 bits per heavy atom. The molecule has 0 unspecified atom stereocenters. The second-order valence-electron chi connectivity index (χ2n) is 10.4. The number of benzene rings is 3. The molecule has 1 N–H and O–H groups in total. The van der Waals surface area contributed by atoms with Gasteiger partial charge in [-0.1, -0.05) is 41.4 Å². The van der Waals surface area contributed by atoms with Crippen LogP contribution in [0.3, 0.4) is 0 Å². The normalized spacial score (nSPS) is 12.4. The maximum Gasteiger partial charge on any atom is 0.274 e. The van der Waals surface area contributed by atoms with Crippen LogP contribution in [0.1, 0.15) is 42.4 Å². The van der Waals surface area contributed by atoms with Crippen LogP contribution in [0.15, 0.2) is 54.6 Å². The zero-order chi connectivity index (χ0) is 28.1. The van der Waals surface area contributed by atoms with Gasteiger partial charge in [0.2, 0.25) is 0 Å². The van der Waals surface area contributed by atoms with E-state index in [1.54, 1.807) is 41.9 Å². The van der Waals surface area contributed by atoms with Gasteiger partial charge in [0, 0.05) is 45.4 Å². The average molecular weight is 566 g/mol. The summed E-state index contributed by atoms with van der Waals surface area (Å²) < 4.78 is 13.6. The molecule has 2 heterocycles. The number of ether oxygens (including phenoxy) is 2. The predicted molar refractivity (Wildman–Crippen MR) is 153 cm³/mol. The van der Waals surface area contributed by atoms with E-state index in [0.717, 1.165) is 22.3 Å². The highest BCUT2D eigenvalue weighted by Gasteiger charge is 2.34. The first-order chi connectivity index (χ1) is 18.5. The van der Waals surface area contributed by atoms with E-state index < -0.39 is 5.54 Å². The van der Waals surface area contributed by atoms with Crippen molar-refractivity contribution in [3.63, 3.8) is 0 Å². The molecule has 5 rings (SSSR count). The lowest BCUT2D eigenvalue weighted by Crippen LogP contribution is -2.43. The van der Waals surface area contributed by atoms with Crippen LogP contribution >= 0.6 is 23.2 Å². The molecule has 0 atom stereocenters. The number of methoxy groups -OCH3 is 1. The molecule has 4 aromatic rings. The summed E-state index contributed by atoms with van der Waals surface area (Å²) in [5.74, 6) is 0.994. The first-order valence-corrected chi connectivity index (χ1v) is 13.2. The Balaban J connectivity index is 1.79. The number of hydrogen-bond acceptors (Lipinski definition) is 5. The molecule has 1 aliphatic rings. The number of aliphatic hydroxyl groups excluding tert-OH is 1. The largest absolute Gasteiger partial charge is 0.496 e. The van der Waals surface area contributed by atoms with Crippen molar-refractivity contribution in [1.29, 1.82) is 0 Å². The third-order valence-electron chi connectivity index (χ3n) is 6.94. The fourth-order valence-electron chi connectivity index (χ4n) is 4.59. The molecule has 9 heteroatoms. The number of carbonyl (C=O) groups is 1. The SMILES string of the molecule is COc1cc2c(cc1-c1cccc(CO)c1)-c1c(c(C(=O)N(C)C(C)(C)C)nn1-c1cc(Cl)cc(Cl)c1)CO2. The molecule has 3 aromatic carbocycles. The highest BCUT2D eigenvalue weighted by atomic mass is 35.5. The minimum absolute atomic E-state index is 0.0799. The number of fused-ring (bicyclic) bond motifs is 3. The van der Waals surface area contributed by atoms with Crippen molar-refractivity contribution in [1.82, 2.24) is 14.7 Å². The Bertz CT molecular complexity index is 1570. The summed E-state index contributed by atoms with van der Waals surface area (Å²) in [6.45, 7) is 5.98. The summed E-state index contributed by atoms with van der Waals surface area (Å²) in [7, 11) is 3.37. The smallest absolute Gasteiger partial charge is 0.274 e. The number of hydrogen-bond donors (Lipinski definition) is 1. The van der Waals surface area contributed by atoms with E-state index >= 15 is 0 Å². The number of aliphatic hydroxyl groups is 1. The molecular weight excluding hydrogens is 537 g/mol. The van der Waals surface area contributed by atoms with Crippen LogP contribution in [0.2, 0.25) is 10.0 Å². The molecule has 1 aromatic heterocycles. The van der Waals surface area contributed by atoms with E-state index in [0.29, 0.717) is 44.2 Å². The zero-order valence-corrected chi connectivity index (χ0v) is 23.9. The Labute approximate surface area is 237 Å². The fraction of sp³-hybridized carbons (Fsp3) is 0.267. The van der Waals surface area contributed by atoms with Gasteiger partial charge >= 0.3 is 0 Å². The van der Waals surface area contributed by atoms with E-state index in [9.17, 15) is 9.90 Å². The molecule has 0 saturated carbocycles. The lowest BCUT2D eigenvalue weighted by atomic mass is 9.95. The summed E-state index contributed by atoms with van der Waals surface area (Å²) in [5.41, 5.74) is 5.07. The van der Waals surface area contributed by atoms with Crippen LogP contribution in [0, 0.1) is 0 Å². The van der Waals surface area contributed by atoms with E-state index in [-0.39, 0.29) is 19.1 Å². The first kappa shape index (κ1) is 27.1. The van der Waals surface area contributed by atoms with Gasteiger partial charge in [-0.3, -0.25) is 4.79 Å². The van der Waals surface area contributed by atoms with Crippen molar-refractivity contribution in [3.05, 3.63) is 81.5 Å². The molecule has 202 valence electrons. The molecule has 0 fully saturated rings. The summed E-state index contributed by atoms with van der Waals surface area (Å²) in [4.78, 5) is 15.4. The van der Waals surface area contributed by atoms with Gasteiger partial charge < -0.3 is 19.5 Å². The topological polar surface area (TPSA) is 76.8 Å². The molecule has 1 amide bonds. The average Bonchev–Trinajstić information content (AvgIpc) is 3.30. The van der Waals surface area contributed by atoms with Crippen molar-refractivity contribution in [2.75, 3.05) is 14.2 Å². The van der Waals surface area contributed by atoms with E-state index in [1.807, 2.05) is 57.2 Å². The highest BCUT2D eigenvalue weighted by Crippen LogP contribution is 2.46. The Morgan fingerprint density at radius 1 is 1.10 bits per heavy atom. The first-order valence-electron chi connectivity index (χ1n) is 12.4. The number of rotatable bonds is 5. The van der Waals surface area contributed by atoms with Gasteiger partial charge in [-0.2, -0.15) is 5.10 Å². The standard InChI is InChI=1S/C30H29Cl2N3O4/c1-30(2,3)34(4)29(37)27-24-16-39-26-14-25(38-5)22(18-8-6-7-17(9-18)15-36)13-23(26)28(24)35(33-27)21-11-19(31)10-20(32)12-21/h6-14,36H,15-16H2,1-5H3. The van der Waals surface area contributed by atoms with Crippen molar-refractivity contribution < 1.29 is 19.4 Å². The monoisotopic (exact) mass is 565 g/mol. The molecular formula is C30H29Cl2N3O4. The fourth-order valence-corrected chi connectivity index (χ4v) is 5.11. The molecule has 0 radical (unpaired) electrons. The molecule has 0 bridgehead atoms. The van der Waals surface area contributed by atoms with Crippen LogP contribution in [-0.2, 0) is 13.2 Å². The van der Waals surface area contributed by atoms with Gasteiger partial charge in [0.25, 0.3) is 5.91 Å². The van der Waals surface area contributed by atoms with Crippen molar-refractivity contribution >= 4 is 29.1 Å². The van der Waals surface area contributed by atoms with Gasteiger partial charge in [0.05, 0.1) is 25.1 Å². The minimum Gasteiger partial charge on any atom is -0.496 e. The van der Waals surface area contributed by atoms with Gasteiger partial charge in [0.15, 0.2) is 5.69 Å². The van der Waals surface area contributed by atoms with Crippen molar-refractivity contribution in [3.8, 4) is 39.6 Å². The number of nitrogens with zero attached hydrogens (tertiary/aromatic N) is 3. The maximum absolute atomic E-state index is 13.7. The number of amides is 1. The number of halogens is 2. The summed E-state index contributed by atoms with van der Waals surface area (Å²) >= 11 is 12.7. The van der Waals surface area contributed by atoms with Crippen LogP contribution in [-0.4, -0.2) is 45.4 Å². The zero-order valence-electron chi connectivity index (χ0n) is 22.4. The summed E-state index contributed by atoms with van der Waals surface area (Å²) in [5, 5.41) is 15.4. The maximum atomic E-state index is 13.7. The predicted octanol–water partition coefficient (Wildman–Crippen LogP) is 6.78. The van der Waals surface area contributed by atoms with Gasteiger partial charge in [-0.25, -0.2) is 4.68 Å². The van der Waals surface area contributed by atoms with Crippen LogP contribution in [0.4, 0.5) is 0 Å². The molecule has 0 spiro atoms. The summed E-state index contributed by atoms with van der Waals surface area (Å²) in [6, 6.07) is 16.6. The molecule has 7 nitrogen and oxygen atoms in total. The van der Waals surface area contributed by atoms with Gasteiger partial charge in [-0.05, 0) is 62.2 Å². The lowest BCUT2D eigenvalue weighted by molar-refractivity contribution is 0.0646. The van der Waals surface area contributed by atoms with Gasteiger partial charge in [-0.15, -0.1) is 0 Å². The number of carbonyl (C=O) groups excluding carboxylic acids is 1.